The maximum Gasteiger partial charge on any atom is 0.268 e. The van der Waals surface area contributed by atoms with E-state index in [4.69, 9.17) is 0 Å². The summed E-state index contributed by atoms with van der Waals surface area (Å²) in [5, 5.41) is 11.4. The van der Waals surface area contributed by atoms with Crippen molar-refractivity contribution in [3.63, 3.8) is 0 Å². The van der Waals surface area contributed by atoms with Crippen molar-refractivity contribution in [2.45, 2.75) is 0 Å². The number of imide groups is 1. The molecule has 0 unspecified atom stereocenters. The monoisotopic (exact) mass is 565 g/mol. The molecule has 2 amide bonds. The summed E-state index contributed by atoms with van der Waals surface area (Å²) >= 11 is 0. The Kier molecular flexibility index (Phi) is 5.75. The summed E-state index contributed by atoms with van der Waals surface area (Å²) in [5.41, 5.74) is 8.51. The van der Waals surface area contributed by atoms with E-state index in [0.717, 1.165) is 44.1 Å². The first-order chi connectivity index (χ1) is 21.6. The number of fused-ring (bicyclic) bond motifs is 4. The van der Waals surface area contributed by atoms with E-state index in [9.17, 15) is 14.9 Å². The van der Waals surface area contributed by atoms with Crippen molar-refractivity contribution in [3.05, 3.63) is 156 Å². The molecule has 7 aromatic rings. The summed E-state index contributed by atoms with van der Waals surface area (Å²) in [4.78, 5) is 29.2. The second-order valence-corrected chi connectivity index (χ2v) is 10.8. The third-order valence-electron chi connectivity index (χ3n) is 8.39. The lowest BCUT2D eigenvalue weighted by atomic mass is 9.98. The summed E-state index contributed by atoms with van der Waals surface area (Å²) < 4.78 is 2.09. The molecule has 5 nitrogen and oxygen atoms in total. The molecule has 5 heteroatoms. The Bertz CT molecular complexity index is 2310. The molecule has 0 spiro atoms. The Labute approximate surface area is 253 Å². The number of carbonyl (C=O) groups excluding carboxylic acids is 2. The average Bonchev–Trinajstić information content (AvgIpc) is 3.56. The van der Waals surface area contributed by atoms with Crippen molar-refractivity contribution in [1.29, 1.82) is 5.26 Å². The molecule has 0 saturated heterocycles. The number of rotatable bonds is 4. The fourth-order valence-corrected chi connectivity index (χ4v) is 6.37. The second kappa shape index (κ2) is 9.94. The van der Waals surface area contributed by atoms with E-state index >= 15 is 0 Å². The van der Waals surface area contributed by atoms with Crippen molar-refractivity contribution >= 4 is 39.3 Å². The second-order valence-electron chi connectivity index (χ2n) is 10.8. The summed E-state index contributed by atoms with van der Waals surface area (Å²) in [5.74, 6) is -0.680. The van der Waals surface area contributed by atoms with Gasteiger partial charge in [-0.15, -0.1) is 0 Å². The zero-order chi connectivity index (χ0) is 29.8. The van der Waals surface area contributed by atoms with Gasteiger partial charge < -0.3 is 4.57 Å². The molecule has 0 saturated carbocycles. The van der Waals surface area contributed by atoms with Gasteiger partial charge in [-0.05, 0) is 70.8 Å². The number of carbonyl (C=O) groups is 2. The maximum atomic E-state index is 14.2. The Hall–Kier alpha value is -6.25. The fourth-order valence-electron chi connectivity index (χ4n) is 6.37. The minimum Gasteiger partial charge on any atom is -0.308 e. The van der Waals surface area contributed by atoms with Crippen LogP contribution in [0, 0.1) is 11.3 Å². The number of nitriles is 1. The normalized spacial score (nSPS) is 12.6. The average molecular weight is 566 g/mol. The van der Waals surface area contributed by atoms with Crippen molar-refractivity contribution < 1.29 is 9.59 Å². The third-order valence-corrected chi connectivity index (χ3v) is 8.39. The first kappa shape index (κ1) is 25.5. The number of nitrogens with zero attached hydrogens (tertiary/aromatic N) is 3. The van der Waals surface area contributed by atoms with Gasteiger partial charge >= 0.3 is 0 Å². The standard InChI is InChI=1S/C39H23N3O2/c40-24-25-16-18-28(19-17-25)30-11-6-14-34-36(30)31-10-4-5-13-33(31)42(34)35-15-7-12-32-37(35)39(44)41(38(32)43)29-22-20-27(21-23-29)26-8-2-1-3-9-26/h1-23H. The van der Waals surface area contributed by atoms with Gasteiger partial charge in [0.15, 0.2) is 0 Å². The molecule has 0 aliphatic carbocycles. The van der Waals surface area contributed by atoms with E-state index < -0.39 is 0 Å². The molecule has 44 heavy (non-hydrogen) atoms. The van der Waals surface area contributed by atoms with Gasteiger partial charge in [0.2, 0.25) is 0 Å². The first-order valence-electron chi connectivity index (χ1n) is 14.3. The molecule has 2 heterocycles. The van der Waals surface area contributed by atoms with Crippen molar-refractivity contribution in [1.82, 2.24) is 4.57 Å². The van der Waals surface area contributed by atoms with Crippen LogP contribution in [0.1, 0.15) is 26.3 Å². The number of para-hydroxylation sites is 1. The number of hydrogen-bond donors (Lipinski definition) is 0. The van der Waals surface area contributed by atoms with Crippen LogP contribution in [0.4, 0.5) is 5.69 Å². The van der Waals surface area contributed by atoms with Gasteiger partial charge in [-0.25, -0.2) is 4.90 Å². The molecular formula is C39H23N3O2. The lowest BCUT2D eigenvalue weighted by Crippen LogP contribution is -2.29. The van der Waals surface area contributed by atoms with Crippen molar-refractivity contribution in [2.24, 2.45) is 0 Å². The van der Waals surface area contributed by atoms with Gasteiger partial charge in [-0.3, -0.25) is 9.59 Å². The summed E-state index contributed by atoms with van der Waals surface area (Å²) in [7, 11) is 0. The van der Waals surface area contributed by atoms with Crippen LogP contribution in [0.25, 0.3) is 49.7 Å². The summed E-state index contributed by atoms with van der Waals surface area (Å²) in [6.45, 7) is 0. The first-order valence-corrected chi connectivity index (χ1v) is 14.3. The molecule has 1 aliphatic rings. The molecule has 0 radical (unpaired) electrons. The Morgan fingerprint density at radius 1 is 0.523 bits per heavy atom. The van der Waals surface area contributed by atoms with Gasteiger partial charge in [0.25, 0.3) is 11.8 Å². The van der Waals surface area contributed by atoms with E-state index in [0.29, 0.717) is 28.1 Å². The third kappa shape index (κ3) is 3.79. The van der Waals surface area contributed by atoms with Crippen molar-refractivity contribution in [2.75, 3.05) is 4.90 Å². The van der Waals surface area contributed by atoms with E-state index in [1.54, 1.807) is 6.07 Å². The molecule has 0 bridgehead atoms. The highest BCUT2D eigenvalue weighted by Crippen LogP contribution is 2.41. The smallest absolute Gasteiger partial charge is 0.268 e. The Balaban J connectivity index is 1.29. The highest BCUT2D eigenvalue weighted by atomic mass is 16.2. The minimum absolute atomic E-state index is 0.335. The predicted octanol–water partition coefficient (Wildman–Crippen LogP) is 8.79. The van der Waals surface area contributed by atoms with Gasteiger partial charge in [0.05, 0.1) is 45.2 Å². The molecule has 1 aromatic heterocycles. The molecular weight excluding hydrogens is 542 g/mol. The van der Waals surface area contributed by atoms with Crippen LogP contribution in [0.2, 0.25) is 0 Å². The lowest BCUT2D eigenvalue weighted by molar-refractivity contribution is 0.0926. The Morgan fingerprint density at radius 2 is 1.16 bits per heavy atom. The Morgan fingerprint density at radius 3 is 1.93 bits per heavy atom. The number of hydrogen-bond acceptors (Lipinski definition) is 3. The van der Waals surface area contributed by atoms with Crippen LogP contribution >= 0.6 is 0 Å². The minimum atomic E-state index is -0.345. The number of aromatic nitrogens is 1. The molecule has 0 fully saturated rings. The fraction of sp³-hybridized carbons (Fsp3) is 0. The van der Waals surface area contributed by atoms with Crippen LogP contribution < -0.4 is 4.90 Å². The molecule has 1 aliphatic heterocycles. The molecule has 6 aromatic carbocycles. The van der Waals surface area contributed by atoms with E-state index in [-0.39, 0.29) is 11.8 Å². The van der Waals surface area contributed by atoms with Crippen LogP contribution in [-0.2, 0) is 0 Å². The van der Waals surface area contributed by atoms with Crippen LogP contribution in [0.3, 0.4) is 0 Å². The zero-order valence-corrected chi connectivity index (χ0v) is 23.4. The van der Waals surface area contributed by atoms with Gasteiger partial charge in [0.1, 0.15) is 0 Å². The number of amides is 2. The van der Waals surface area contributed by atoms with Crippen molar-refractivity contribution in [3.8, 4) is 34.0 Å². The van der Waals surface area contributed by atoms with E-state index in [1.165, 1.54) is 4.90 Å². The molecule has 0 N–H and O–H groups in total. The van der Waals surface area contributed by atoms with Gasteiger partial charge in [-0.1, -0.05) is 91.0 Å². The quantitative estimate of drug-likeness (QED) is 0.200. The van der Waals surface area contributed by atoms with E-state index in [2.05, 4.69) is 22.8 Å². The number of benzene rings is 6. The number of anilines is 1. The van der Waals surface area contributed by atoms with Gasteiger partial charge in [-0.2, -0.15) is 5.26 Å². The van der Waals surface area contributed by atoms with Crippen LogP contribution in [0.5, 0.6) is 0 Å². The summed E-state index contributed by atoms with van der Waals surface area (Å²) in [6.07, 6.45) is 0. The molecule has 8 rings (SSSR count). The maximum absolute atomic E-state index is 14.2. The summed E-state index contributed by atoms with van der Waals surface area (Å²) in [6, 6.07) is 47.0. The molecule has 206 valence electrons. The zero-order valence-electron chi connectivity index (χ0n) is 23.4. The largest absolute Gasteiger partial charge is 0.308 e. The van der Waals surface area contributed by atoms with Gasteiger partial charge in [0, 0.05) is 10.8 Å². The van der Waals surface area contributed by atoms with E-state index in [1.807, 2.05) is 121 Å². The predicted molar refractivity (Wildman–Crippen MR) is 174 cm³/mol. The van der Waals surface area contributed by atoms with Crippen LogP contribution in [0.15, 0.2) is 140 Å². The molecule has 0 atom stereocenters. The SMILES string of the molecule is N#Cc1ccc(-c2cccc3c2c2ccccc2n3-c2cccc3c2C(=O)N(c2ccc(-c4ccccc4)cc2)C3=O)cc1. The highest BCUT2D eigenvalue weighted by Gasteiger charge is 2.39. The van der Waals surface area contributed by atoms with Crippen LogP contribution in [-0.4, -0.2) is 16.4 Å². The highest BCUT2D eigenvalue weighted by molar-refractivity contribution is 6.36. The lowest BCUT2D eigenvalue weighted by Gasteiger charge is -2.15. The topological polar surface area (TPSA) is 66.1 Å².